The minimum Gasteiger partial charge on any atom is -0.305 e. The van der Waals surface area contributed by atoms with Gasteiger partial charge in [0.1, 0.15) is 0 Å². The highest BCUT2D eigenvalue weighted by Gasteiger charge is 2.22. The van der Waals surface area contributed by atoms with Crippen molar-refractivity contribution in [3.63, 3.8) is 0 Å². The van der Waals surface area contributed by atoms with Gasteiger partial charge >= 0.3 is 0 Å². The van der Waals surface area contributed by atoms with Gasteiger partial charge in [0.15, 0.2) is 5.82 Å². The molecule has 124 valence electrons. The first-order valence-corrected chi connectivity index (χ1v) is 8.50. The van der Waals surface area contributed by atoms with Crippen molar-refractivity contribution in [2.24, 2.45) is 7.05 Å². The van der Waals surface area contributed by atoms with E-state index in [-0.39, 0.29) is 10.8 Å². The highest BCUT2D eigenvalue weighted by Crippen LogP contribution is 2.14. The molecule has 0 spiro atoms. The van der Waals surface area contributed by atoms with Crippen LogP contribution in [0.4, 0.5) is 5.82 Å². The first kappa shape index (κ1) is 17.2. The molecule has 8 heteroatoms. The summed E-state index contributed by atoms with van der Waals surface area (Å²) in [5.74, 6) is 0.0834. The van der Waals surface area contributed by atoms with Gasteiger partial charge in [-0.05, 0) is 45.0 Å². The zero-order valence-electron chi connectivity index (χ0n) is 13.5. The Hall–Kier alpha value is -2.19. The molecule has 0 aliphatic heterocycles. The van der Waals surface area contributed by atoms with Crippen LogP contribution >= 0.6 is 0 Å². The van der Waals surface area contributed by atoms with Gasteiger partial charge < -0.3 is 5.32 Å². The van der Waals surface area contributed by atoms with E-state index in [2.05, 4.69) is 15.1 Å². The molecule has 1 amide bonds. The second kappa shape index (κ2) is 6.13. The second-order valence-corrected chi connectivity index (χ2v) is 7.89. The van der Waals surface area contributed by atoms with Crippen LogP contribution in [-0.2, 0) is 17.1 Å². The molecule has 2 N–H and O–H groups in total. The number of hydrogen-bond donors (Lipinski definition) is 2. The highest BCUT2D eigenvalue weighted by molar-refractivity contribution is 7.89. The number of rotatable bonds is 4. The molecular formula is C15H20N4O3S. The Labute approximate surface area is 135 Å². The maximum atomic E-state index is 12.2. The number of anilines is 1. The number of carbonyl (C=O) groups excluding carboxylic acids is 1. The molecule has 0 aliphatic rings. The molecule has 2 aromatic rings. The summed E-state index contributed by atoms with van der Waals surface area (Å²) in [6, 6.07) is 7.41. The van der Waals surface area contributed by atoms with Gasteiger partial charge in [0.25, 0.3) is 5.91 Å². The average molecular weight is 336 g/mol. The molecule has 2 rings (SSSR count). The molecule has 0 fully saturated rings. The SMILES string of the molecule is Cn1ccc(NC(=O)c2ccc(S(=O)(=O)NC(C)(C)C)cc2)n1. The number of hydrogen-bond acceptors (Lipinski definition) is 4. The smallest absolute Gasteiger partial charge is 0.256 e. The molecular weight excluding hydrogens is 316 g/mol. The van der Waals surface area contributed by atoms with Crippen LogP contribution in [0.15, 0.2) is 41.4 Å². The van der Waals surface area contributed by atoms with Gasteiger partial charge in [-0.25, -0.2) is 13.1 Å². The maximum absolute atomic E-state index is 12.2. The van der Waals surface area contributed by atoms with E-state index in [4.69, 9.17) is 0 Å². The van der Waals surface area contributed by atoms with Crippen LogP contribution in [0.25, 0.3) is 0 Å². The zero-order valence-corrected chi connectivity index (χ0v) is 14.3. The summed E-state index contributed by atoms with van der Waals surface area (Å²) in [6.45, 7) is 5.29. The molecule has 0 unspecified atom stereocenters. The summed E-state index contributed by atoms with van der Waals surface area (Å²) in [5, 5.41) is 6.69. The molecule has 1 heterocycles. The van der Waals surface area contributed by atoms with Crippen LogP contribution in [0.1, 0.15) is 31.1 Å². The number of benzene rings is 1. The largest absolute Gasteiger partial charge is 0.305 e. The molecule has 0 atom stereocenters. The van der Waals surface area contributed by atoms with E-state index in [0.29, 0.717) is 11.4 Å². The van der Waals surface area contributed by atoms with Crippen molar-refractivity contribution >= 4 is 21.7 Å². The molecule has 1 aromatic heterocycles. The Balaban J connectivity index is 2.14. The number of carbonyl (C=O) groups is 1. The fraction of sp³-hybridized carbons (Fsp3) is 0.333. The average Bonchev–Trinajstić information content (AvgIpc) is 2.81. The second-order valence-electron chi connectivity index (χ2n) is 6.21. The van der Waals surface area contributed by atoms with Crippen molar-refractivity contribution < 1.29 is 13.2 Å². The lowest BCUT2D eigenvalue weighted by Crippen LogP contribution is -2.40. The Morgan fingerprint density at radius 2 is 1.74 bits per heavy atom. The quantitative estimate of drug-likeness (QED) is 0.889. The number of sulfonamides is 1. The van der Waals surface area contributed by atoms with Crippen LogP contribution in [0.2, 0.25) is 0 Å². The molecule has 0 bridgehead atoms. The highest BCUT2D eigenvalue weighted by atomic mass is 32.2. The molecule has 7 nitrogen and oxygen atoms in total. The van der Waals surface area contributed by atoms with E-state index >= 15 is 0 Å². The summed E-state index contributed by atoms with van der Waals surface area (Å²) < 4.78 is 28.5. The number of amides is 1. The van der Waals surface area contributed by atoms with E-state index in [0.717, 1.165) is 0 Å². The van der Waals surface area contributed by atoms with Crippen LogP contribution in [0.3, 0.4) is 0 Å². The van der Waals surface area contributed by atoms with Crippen LogP contribution in [-0.4, -0.2) is 29.6 Å². The normalized spacial score (nSPS) is 12.2. The maximum Gasteiger partial charge on any atom is 0.256 e. The van der Waals surface area contributed by atoms with Crippen molar-refractivity contribution in [2.75, 3.05) is 5.32 Å². The van der Waals surface area contributed by atoms with Crippen LogP contribution < -0.4 is 10.0 Å². The zero-order chi connectivity index (χ0) is 17.3. The third-order valence-electron chi connectivity index (χ3n) is 2.82. The fourth-order valence-electron chi connectivity index (χ4n) is 1.92. The standard InChI is InChI=1S/C15H20N4O3S/c1-15(2,3)18-23(21,22)12-7-5-11(6-8-12)14(20)16-13-9-10-19(4)17-13/h5-10,18H,1-4H3,(H,16,17,20). The Bertz CT molecular complexity index is 802. The summed E-state index contributed by atoms with van der Waals surface area (Å²) >= 11 is 0. The number of nitrogens with zero attached hydrogens (tertiary/aromatic N) is 2. The van der Waals surface area contributed by atoms with Gasteiger partial charge in [-0.1, -0.05) is 0 Å². The van der Waals surface area contributed by atoms with Crippen LogP contribution in [0.5, 0.6) is 0 Å². The van der Waals surface area contributed by atoms with Gasteiger partial charge in [-0.15, -0.1) is 0 Å². The lowest BCUT2D eigenvalue weighted by atomic mass is 10.1. The van der Waals surface area contributed by atoms with E-state index in [9.17, 15) is 13.2 Å². The van der Waals surface area contributed by atoms with E-state index in [1.807, 2.05) is 0 Å². The third kappa shape index (κ3) is 4.64. The van der Waals surface area contributed by atoms with Gasteiger partial charge in [0, 0.05) is 30.4 Å². The predicted octanol–water partition coefficient (Wildman–Crippen LogP) is 1.75. The lowest BCUT2D eigenvalue weighted by molar-refractivity contribution is 0.102. The first-order chi connectivity index (χ1) is 10.6. The Morgan fingerprint density at radius 1 is 1.13 bits per heavy atom. The van der Waals surface area contributed by atoms with Crippen molar-refractivity contribution in [2.45, 2.75) is 31.2 Å². The van der Waals surface area contributed by atoms with E-state index in [1.165, 1.54) is 24.3 Å². The molecule has 0 saturated heterocycles. The monoisotopic (exact) mass is 336 g/mol. The Morgan fingerprint density at radius 3 is 2.22 bits per heavy atom. The van der Waals surface area contributed by atoms with Crippen LogP contribution in [0, 0.1) is 0 Å². The summed E-state index contributed by atoms with van der Waals surface area (Å²) in [4.78, 5) is 12.2. The lowest BCUT2D eigenvalue weighted by Gasteiger charge is -2.20. The third-order valence-corrected chi connectivity index (χ3v) is 4.60. The van der Waals surface area contributed by atoms with Gasteiger partial charge in [-0.3, -0.25) is 9.48 Å². The van der Waals surface area contributed by atoms with Gasteiger partial charge in [0.2, 0.25) is 10.0 Å². The minimum atomic E-state index is -3.61. The molecule has 1 aromatic carbocycles. The molecule has 23 heavy (non-hydrogen) atoms. The van der Waals surface area contributed by atoms with Crippen molar-refractivity contribution in [1.82, 2.24) is 14.5 Å². The number of aromatic nitrogens is 2. The molecule has 0 saturated carbocycles. The van der Waals surface area contributed by atoms with Crippen molar-refractivity contribution in [3.05, 3.63) is 42.1 Å². The topological polar surface area (TPSA) is 93.1 Å². The van der Waals surface area contributed by atoms with Crippen molar-refractivity contribution in [1.29, 1.82) is 0 Å². The minimum absolute atomic E-state index is 0.113. The van der Waals surface area contributed by atoms with Crippen molar-refractivity contribution in [3.8, 4) is 0 Å². The fourth-order valence-corrected chi connectivity index (χ4v) is 3.34. The Kier molecular flexibility index (Phi) is 4.58. The van der Waals surface area contributed by atoms with Gasteiger partial charge in [-0.2, -0.15) is 5.10 Å². The predicted molar refractivity (Wildman–Crippen MR) is 87.7 cm³/mol. The summed E-state index contributed by atoms with van der Waals surface area (Å²) in [5.41, 5.74) is -0.223. The summed E-state index contributed by atoms with van der Waals surface area (Å²) in [6.07, 6.45) is 1.71. The molecule has 0 aliphatic carbocycles. The summed E-state index contributed by atoms with van der Waals surface area (Å²) in [7, 11) is -1.87. The molecule has 0 radical (unpaired) electrons. The number of nitrogens with one attached hydrogen (secondary N) is 2. The van der Waals surface area contributed by atoms with E-state index < -0.39 is 15.6 Å². The first-order valence-electron chi connectivity index (χ1n) is 7.02. The van der Waals surface area contributed by atoms with Gasteiger partial charge in [0.05, 0.1) is 4.90 Å². The van der Waals surface area contributed by atoms with E-state index in [1.54, 1.807) is 44.8 Å². The number of aryl methyl sites for hydroxylation is 1.